The van der Waals surface area contributed by atoms with E-state index in [0.717, 1.165) is 11.1 Å². The standard InChI is InChI=1S/C34H35N3O7/c1-4-42-34(39)32(44-30-16-11-25(12-17-30)23(2)3)21-24-5-14-29(15-6-24)43-20-19-35-33(38)27-9-7-26(8-10-27)31-18-13-28(22-36-31)37(40)41/h5-18,22-23,32H,4,19-21H2,1-3H3,(H,35,38). The van der Waals surface area contributed by atoms with E-state index in [1.165, 1.54) is 17.8 Å². The number of amides is 1. The van der Waals surface area contributed by atoms with Crippen molar-refractivity contribution in [1.82, 2.24) is 10.3 Å². The monoisotopic (exact) mass is 597 g/mol. The first-order valence-electron chi connectivity index (χ1n) is 14.4. The molecule has 4 aromatic rings. The van der Waals surface area contributed by atoms with Crippen molar-refractivity contribution in [3.8, 4) is 22.8 Å². The summed E-state index contributed by atoms with van der Waals surface area (Å²) in [6.45, 7) is 6.81. The number of esters is 1. The molecule has 0 fully saturated rings. The Morgan fingerprint density at radius 3 is 2.18 bits per heavy atom. The molecule has 1 aromatic heterocycles. The molecule has 0 aliphatic heterocycles. The lowest BCUT2D eigenvalue weighted by Gasteiger charge is -2.18. The summed E-state index contributed by atoms with van der Waals surface area (Å²) >= 11 is 0. The summed E-state index contributed by atoms with van der Waals surface area (Å²) in [6.07, 6.45) is 0.743. The Hall–Kier alpha value is -5.25. The molecule has 0 spiro atoms. The third-order valence-electron chi connectivity index (χ3n) is 6.78. The van der Waals surface area contributed by atoms with E-state index in [1.54, 1.807) is 37.3 Å². The Bertz CT molecular complexity index is 1540. The molecule has 1 unspecified atom stereocenters. The smallest absolute Gasteiger partial charge is 0.347 e. The van der Waals surface area contributed by atoms with E-state index >= 15 is 0 Å². The van der Waals surface area contributed by atoms with Gasteiger partial charge < -0.3 is 19.5 Å². The summed E-state index contributed by atoms with van der Waals surface area (Å²) in [5.74, 6) is 0.952. The van der Waals surface area contributed by atoms with Gasteiger partial charge in [-0.3, -0.25) is 14.9 Å². The van der Waals surface area contributed by atoms with Crippen molar-refractivity contribution in [3.05, 3.63) is 118 Å². The highest BCUT2D eigenvalue weighted by atomic mass is 16.6. The number of ether oxygens (including phenoxy) is 3. The van der Waals surface area contributed by atoms with Crippen molar-refractivity contribution in [1.29, 1.82) is 0 Å². The minimum Gasteiger partial charge on any atom is -0.492 e. The molecule has 10 nitrogen and oxygen atoms in total. The number of hydrogen-bond donors (Lipinski definition) is 1. The molecule has 1 heterocycles. The van der Waals surface area contributed by atoms with Crippen LogP contribution >= 0.6 is 0 Å². The van der Waals surface area contributed by atoms with E-state index in [2.05, 4.69) is 24.1 Å². The zero-order chi connectivity index (χ0) is 31.5. The zero-order valence-corrected chi connectivity index (χ0v) is 24.9. The van der Waals surface area contributed by atoms with Gasteiger partial charge in [0, 0.05) is 23.6 Å². The van der Waals surface area contributed by atoms with Gasteiger partial charge in [-0.15, -0.1) is 0 Å². The lowest BCUT2D eigenvalue weighted by molar-refractivity contribution is -0.385. The fraction of sp³-hybridized carbons (Fsp3) is 0.265. The van der Waals surface area contributed by atoms with Gasteiger partial charge in [0.05, 0.1) is 23.8 Å². The van der Waals surface area contributed by atoms with Gasteiger partial charge in [-0.25, -0.2) is 9.78 Å². The van der Waals surface area contributed by atoms with Gasteiger partial charge >= 0.3 is 5.97 Å². The average Bonchev–Trinajstić information content (AvgIpc) is 3.04. The average molecular weight is 598 g/mol. The molecule has 3 aromatic carbocycles. The second kappa shape index (κ2) is 15.3. The fourth-order valence-electron chi connectivity index (χ4n) is 4.33. The van der Waals surface area contributed by atoms with Crippen molar-refractivity contribution >= 4 is 17.6 Å². The number of benzene rings is 3. The molecule has 1 atom stereocenters. The predicted octanol–water partition coefficient (Wildman–Crippen LogP) is 6.14. The lowest BCUT2D eigenvalue weighted by Crippen LogP contribution is -2.31. The summed E-state index contributed by atoms with van der Waals surface area (Å²) in [5.41, 5.74) is 3.77. The maximum absolute atomic E-state index is 12.6. The third-order valence-corrected chi connectivity index (χ3v) is 6.78. The van der Waals surface area contributed by atoms with Crippen molar-refractivity contribution < 1.29 is 28.7 Å². The Morgan fingerprint density at radius 2 is 1.59 bits per heavy atom. The van der Waals surface area contributed by atoms with Crippen LogP contribution in [0.4, 0.5) is 5.69 Å². The molecule has 0 bridgehead atoms. The van der Waals surface area contributed by atoms with Gasteiger partial charge in [0.2, 0.25) is 0 Å². The van der Waals surface area contributed by atoms with Crippen LogP contribution in [0.3, 0.4) is 0 Å². The van der Waals surface area contributed by atoms with Crippen LogP contribution in [0.2, 0.25) is 0 Å². The van der Waals surface area contributed by atoms with Gasteiger partial charge in [0.25, 0.3) is 11.6 Å². The molecule has 0 saturated carbocycles. The molecular weight excluding hydrogens is 562 g/mol. The van der Waals surface area contributed by atoms with Crippen LogP contribution in [0.5, 0.6) is 11.5 Å². The maximum Gasteiger partial charge on any atom is 0.347 e. The second-order valence-corrected chi connectivity index (χ2v) is 10.3. The Kier molecular flexibility index (Phi) is 11.0. The first kappa shape index (κ1) is 31.7. The largest absolute Gasteiger partial charge is 0.492 e. The number of nitrogens with one attached hydrogen (secondary N) is 1. The van der Waals surface area contributed by atoms with Crippen LogP contribution in [0.15, 0.2) is 91.1 Å². The number of aromatic nitrogens is 1. The number of carbonyl (C=O) groups excluding carboxylic acids is 2. The van der Waals surface area contributed by atoms with E-state index in [4.69, 9.17) is 14.2 Å². The molecule has 0 aliphatic carbocycles. The van der Waals surface area contributed by atoms with Crippen LogP contribution in [-0.4, -0.2) is 47.6 Å². The second-order valence-electron chi connectivity index (χ2n) is 10.3. The van der Waals surface area contributed by atoms with Gasteiger partial charge in [-0.05, 0) is 66.4 Å². The molecule has 44 heavy (non-hydrogen) atoms. The molecule has 1 amide bonds. The van der Waals surface area contributed by atoms with Crippen LogP contribution in [0, 0.1) is 10.1 Å². The van der Waals surface area contributed by atoms with E-state index in [0.29, 0.717) is 41.6 Å². The van der Waals surface area contributed by atoms with Crippen molar-refractivity contribution in [2.24, 2.45) is 0 Å². The summed E-state index contributed by atoms with van der Waals surface area (Å²) < 4.78 is 17.0. The minimum atomic E-state index is -0.790. The number of nitrogens with zero attached hydrogens (tertiary/aromatic N) is 2. The first-order valence-corrected chi connectivity index (χ1v) is 14.4. The first-order chi connectivity index (χ1) is 21.2. The topological polar surface area (TPSA) is 130 Å². The summed E-state index contributed by atoms with van der Waals surface area (Å²) in [6, 6.07) is 24.8. The number of carbonyl (C=O) groups is 2. The van der Waals surface area contributed by atoms with Gasteiger partial charge in [0.1, 0.15) is 24.3 Å². The van der Waals surface area contributed by atoms with Gasteiger partial charge in [-0.2, -0.15) is 0 Å². The SMILES string of the molecule is CCOC(=O)C(Cc1ccc(OCCNC(=O)c2ccc(-c3ccc([N+](=O)[O-])cn3)cc2)cc1)Oc1ccc(C(C)C)cc1. The Morgan fingerprint density at radius 1 is 0.909 bits per heavy atom. The van der Waals surface area contributed by atoms with E-state index in [1.807, 2.05) is 48.5 Å². The van der Waals surface area contributed by atoms with Gasteiger partial charge in [-0.1, -0.05) is 50.2 Å². The highest BCUT2D eigenvalue weighted by molar-refractivity contribution is 5.94. The molecule has 228 valence electrons. The highest BCUT2D eigenvalue weighted by Crippen LogP contribution is 2.22. The van der Waals surface area contributed by atoms with Crippen LogP contribution < -0.4 is 14.8 Å². The molecule has 4 rings (SSSR count). The maximum atomic E-state index is 12.6. The van der Waals surface area contributed by atoms with Gasteiger partial charge in [0.15, 0.2) is 6.10 Å². The van der Waals surface area contributed by atoms with E-state index in [-0.39, 0.29) is 24.8 Å². The van der Waals surface area contributed by atoms with Crippen LogP contribution in [0.1, 0.15) is 48.2 Å². The zero-order valence-electron chi connectivity index (χ0n) is 24.9. The number of pyridine rings is 1. The highest BCUT2D eigenvalue weighted by Gasteiger charge is 2.23. The van der Waals surface area contributed by atoms with Crippen LogP contribution in [0.25, 0.3) is 11.3 Å². The number of hydrogen-bond acceptors (Lipinski definition) is 8. The molecular formula is C34H35N3O7. The molecule has 1 N–H and O–H groups in total. The molecule has 0 radical (unpaired) electrons. The summed E-state index contributed by atoms with van der Waals surface area (Å²) in [4.78, 5) is 39.6. The third kappa shape index (κ3) is 8.87. The van der Waals surface area contributed by atoms with Crippen molar-refractivity contribution in [3.63, 3.8) is 0 Å². The molecule has 0 aliphatic rings. The van der Waals surface area contributed by atoms with E-state index in [9.17, 15) is 19.7 Å². The number of nitro groups is 1. The Balaban J connectivity index is 1.25. The van der Waals surface area contributed by atoms with Crippen molar-refractivity contribution in [2.45, 2.75) is 39.2 Å². The van der Waals surface area contributed by atoms with E-state index < -0.39 is 17.0 Å². The molecule has 10 heteroatoms. The normalized spacial score (nSPS) is 11.5. The summed E-state index contributed by atoms with van der Waals surface area (Å²) in [5, 5.41) is 13.6. The summed E-state index contributed by atoms with van der Waals surface area (Å²) in [7, 11) is 0. The van der Waals surface area contributed by atoms with Crippen LogP contribution in [-0.2, 0) is 16.0 Å². The Labute approximate surface area is 256 Å². The quantitative estimate of drug-likeness (QED) is 0.0794. The minimum absolute atomic E-state index is 0.0841. The fourth-order valence-corrected chi connectivity index (χ4v) is 4.33. The van der Waals surface area contributed by atoms with Crippen molar-refractivity contribution in [2.75, 3.05) is 19.8 Å². The predicted molar refractivity (Wildman–Crippen MR) is 166 cm³/mol. The lowest BCUT2D eigenvalue weighted by atomic mass is 10.0. The molecule has 0 saturated heterocycles. The number of rotatable bonds is 14.